The standard InChI is InChI=1S/C11H19NO/c1-13-11-7-4-8-12(9-11)10-5-2-3-6-10/h4,7,10-11H,2-3,5-6,8-9H2,1H3. The molecule has 1 saturated carbocycles. The zero-order valence-corrected chi connectivity index (χ0v) is 8.41. The summed E-state index contributed by atoms with van der Waals surface area (Å²) in [5.74, 6) is 0. The van der Waals surface area contributed by atoms with Crippen molar-refractivity contribution in [1.82, 2.24) is 4.90 Å². The van der Waals surface area contributed by atoms with Gasteiger partial charge in [0.25, 0.3) is 0 Å². The Labute approximate surface area is 80.6 Å². The first-order chi connectivity index (χ1) is 6.40. The van der Waals surface area contributed by atoms with Gasteiger partial charge in [-0.05, 0) is 12.8 Å². The number of rotatable bonds is 2. The predicted molar refractivity (Wildman–Crippen MR) is 53.8 cm³/mol. The van der Waals surface area contributed by atoms with E-state index in [2.05, 4.69) is 17.1 Å². The number of methoxy groups -OCH3 is 1. The maximum atomic E-state index is 5.35. The van der Waals surface area contributed by atoms with Crippen molar-refractivity contribution in [3.63, 3.8) is 0 Å². The molecule has 0 amide bonds. The van der Waals surface area contributed by atoms with Gasteiger partial charge in [-0.1, -0.05) is 25.0 Å². The van der Waals surface area contributed by atoms with E-state index in [1.165, 1.54) is 25.7 Å². The molecule has 2 nitrogen and oxygen atoms in total. The molecule has 13 heavy (non-hydrogen) atoms. The van der Waals surface area contributed by atoms with Crippen LogP contribution in [0.25, 0.3) is 0 Å². The Bertz CT molecular complexity index is 185. The molecule has 74 valence electrons. The van der Waals surface area contributed by atoms with E-state index in [-0.39, 0.29) is 0 Å². The minimum absolute atomic E-state index is 0.328. The van der Waals surface area contributed by atoms with Gasteiger partial charge in [-0.25, -0.2) is 0 Å². The topological polar surface area (TPSA) is 12.5 Å². The zero-order chi connectivity index (χ0) is 9.10. The molecule has 0 aromatic rings. The van der Waals surface area contributed by atoms with Gasteiger partial charge in [0.1, 0.15) is 0 Å². The summed E-state index contributed by atoms with van der Waals surface area (Å²) in [6.45, 7) is 2.22. The molecule has 2 rings (SSSR count). The van der Waals surface area contributed by atoms with Crippen LogP contribution in [0.3, 0.4) is 0 Å². The summed E-state index contributed by atoms with van der Waals surface area (Å²) in [6, 6.07) is 0.836. The molecule has 1 aliphatic heterocycles. The van der Waals surface area contributed by atoms with Crippen LogP contribution in [0.15, 0.2) is 12.2 Å². The molecular weight excluding hydrogens is 162 g/mol. The minimum Gasteiger partial charge on any atom is -0.376 e. The van der Waals surface area contributed by atoms with Crippen LogP contribution in [-0.4, -0.2) is 37.2 Å². The Morgan fingerprint density at radius 1 is 1.31 bits per heavy atom. The number of hydrogen-bond acceptors (Lipinski definition) is 2. The first-order valence-electron chi connectivity index (χ1n) is 5.33. The second-order valence-electron chi connectivity index (χ2n) is 4.09. The van der Waals surface area contributed by atoms with E-state index in [0.717, 1.165) is 19.1 Å². The molecule has 0 aromatic heterocycles. The fourth-order valence-electron chi connectivity index (χ4n) is 2.44. The van der Waals surface area contributed by atoms with E-state index >= 15 is 0 Å². The molecule has 2 heteroatoms. The van der Waals surface area contributed by atoms with Crippen molar-refractivity contribution in [3.05, 3.63) is 12.2 Å². The first kappa shape index (κ1) is 9.22. The summed E-state index contributed by atoms with van der Waals surface area (Å²) in [6.07, 6.45) is 10.4. The highest BCUT2D eigenvalue weighted by Gasteiger charge is 2.25. The lowest BCUT2D eigenvalue weighted by Crippen LogP contribution is -2.41. The summed E-state index contributed by atoms with van der Waals surface area (Å²) in [5, 5.41) is 0. The fraction of sp³-hybridized carbons (Fsp3) is 0.818. The molecule has 1 atom stereocenters. The Morgan fingerprint density at radius 2 is 2.08 bits per heavy atom. The SMILES string of the molecule is COC1C=CCN(C2CCCC2)C1. The lowest BCUT2D eigenvalue weighted by Gasteiger charge is -2.32. The third-order valence-electron chi connectivity index (χ3n) is 3.25. The molecule has 0 saturated heterocycles. The molecule has 1 heterocycles. The van der Waals surface area contributed by atoms with Crippen molar-refractivity contribution in [3.8, 4) is 0 Å². The molecule has 0 radical (unpaired) electrons. The molecule has 1 fully saturated rings. The maximum absolute atomic E-state index is 5.35. The van der Waals surface area contributed by atoms with Crippen molar-refractivity contribution in [1.29, 1.82) is 0 Å². The second kappa shape index (κ2) is 4.25. The monoisotopic (exact) mass is 181 g/mol. The van der Waals surface area contributed by atoms with Gasteiger partial charge in [0.15, 0.2) is 0 Å². The quantitative estimate of drug-likeness (QED) is 0.602. The average Bonchev–Trinajstić information content (AvgIpc) is 2.71. The molecule has 0 bridgehead atoms. The van der Waals surface area contributed by atoms with Gasteiger partial charge in [-0.3, -0.25) is 4.90 Å². The Hall–Kier alpha value is -0.340. The summed E-state index contributed by atoms with van der Waals surface area (Å²) in [7, 11) is 1.80. The normalized spacial score (nSPS) is 31.3. The summed E-state index contributed by atoms with van der Waals surface area (Å²) >= 11 is 0. The lowest BCUT2D eigenvalue weighted by atomic mass is 10.1. The molecule has 1 unspecified atom stereocenters. The van der Waals surface area contributed by atoms with Gasteiger partial charge >= 0.3 is 0 Å². The van der Waals surface area contributed by atoms with Gasteiger partial charge < -0.3 is 4.74 Å². The molecule has 0 aromatic carbocycles. The van der Waals surface area contributed by atoms with Gasteiger partial charge in [0, 0.05) is 26.2 Å². The van der Waals surface area contributed by atoms with Crippen LogP contribution in [0.2, 0.25) is 0 Å². The van der Waals surface area contributed by atoms with E-state index in [1.54, 1.807) is 7.11 Å². The molecular formula is C11H19NO. The van der Waals surface area contributed by atoms with Crippen molar-refractivity contribution in [2.75, 3.05) is 20.2 Å². The van der Waals surface area contributed by atoms with E-state index in [9.17, 15) is 0 Å². The Kier molecular flexibility index (Phi) is 3.01. The van der Waals surface area contributed by atoms with Gasteiger partial charge in [-0.2, -0.15) is 0 Å². The van der Waals surface area contributed by atoms with Crippen LogP contribution in [-0.2, 0) is 4.74 Å². The maximum Gasteiger partial charge on any atom is 0.0879 e. The first-order valence-corrected chi connectivity index (χ1v) is 5.33. The molecule has 1 aliphatic carbocycles. The van der Waals surface area contributed by atoms with Crippen molar-refractivity contribution in [2.45, 2.75) is 37.8 Å². The highest BCUT2D eigenvalue weighted by atomic mass is 16.5. The van der Waals surface area contributed by atoms with Crippen molar-refractivity contribution < 1.29 is 4.74 Å². The molecule has 2 aliphatic rings. The smallest absolute Gasteiger partial charge is 0.0879 e. The van der Waals surface area contributed by atoms with Crippen LogP contribution < -0.4 is 0 Å². The average molecular weight is 181 g/mol. The third-order valence-corrected chi connectivity index (χ3v) is 3.25. The summed E-state index contributed by atoms with van der Waals surface area (Å²) in [5.41, 5.74) is 0. The zero-order valence-electron chi connectivity index (χ0n) is 8.41. The number of nitrogens with zero attached hydrogens (tertiary/aromatic N) is 1. The van der Waals surface area contributed by atoms with E-state index in [1.807, 2.05) is 0 Å². The molecule has 0 spiro atoms. The Morgan fingerprint density at radius 3 is 2.77 bits per heavy atom. The summed E-state index contributed by atoms with van der Waals surface area (Å²) < 4.78 is 5.35. The van der Waals surface area contributed by atoms with Crippen LogP contribution >= 0.6 is 0 Å². The number of hydrogen-bond donors (Lipinski definition) is 0. The van der Waals surface area contributed by atoms with Gasteiger partial charge in [0.2, 0.25) is 0 Å². The summed E-state index contributed by atoms with van der Waals surface area (Å²) in [4.78, 5) is 2.57. The van der Waals surface area contributed by atoms with Crippen LogP contribution in [0.5, 0.6) is 0 Å². The van der Waals surface area contributed by atoms with E-state index < -0.39 is 0 Å². The predicted octanol–water partition coefficient (Wildman–Crippen LogP) is 1.82. The van der Waals surface area contributed by atoms with Crippen molar-refractivity contribution >= 4 is 0 Å². The largest absolute Gasteiger partial charge is 0.376 e. The van der Waals surface area contributed by atoms with E-state index in [4.69, 9.17) is 4.74 Å². The van der Waals surface area contributed by atoms with Crippen LogP contribution in [0.1, 0.15) is 25.7 Å². The van der Waals surface area contributed by atoms with Crippen molar-refractivity contribution in [2.24, 2.45) is 0 Å². The number of ether oxygens (including phenoxy) is 1. The fourth-order valence-corrected chi connectivity index (χ4v) is 2.44. The van der Waals surface area contributed by atoms with Gasteiger partial charge in [-0.15, -0.1) is 0 Å². The second-order valence-corrected chi connectivity index (χ2v) is 4.09. The Balaban J connectivity index is 1.90. The highest BCUT2D eigenvalue weighted by molar-refractivity contribution is 5.00. The minimum atomic E-state index is 0.328. The third kappa shape index (κ3) is 2.12. The van der Waals surface area contributed by atoms with Crippen LogP contribution in [0.4, 0.5) is 0 Å². The van der Waals surface area contributed by atoms with Crippen LogP contribution in [0, 0.1) is 0 Å². The lowest BCUT2D eigenvalue weighted by molar-refractivity contribution is 0.0751. The molecule has 0 N–H and O–H groups in total. The highest BCUT2D eigenvalue weighted by Crippen LogP contribution is 2.24. The van der Waals surface area contributed by atoms with E-state index in [0.29, 0.717) is 6.10 Å². The van der Waals surface area contributed by atoms with Gasteiger partial charge in [0.05, 0.1) is 6.10 Å².